The molecule has 1 aromatic heterocycles. The number of para-hydroxylation sites is 1. The lowest BCUT2D eigenvalue weighted by atomic mass is 10.1. The van der Waals surface area contributed by atoms with E-state index in [4.69, 9.17) is 0 Å². The van der Waals surface area contributed by atoms with Gasteiger partial charge in [0.25, 0.3) is 0 Å². The second-order valence-electron chi connectivity index (χ2n) is 5.27. The molecule has 0 atom stereocenters. The first kappa shape index (κ1) is 17.1. The van der Waals surface area contributed by atoms with Crippen molar-refractivity contribution < 1.29 is 9.59 Å². The smallest absolute Gasteiger partial charge is 0.230 e. The topological polar surface area (TPSA) is 62.3 Å². The fourth-order valence-corrected chi connectivity index (χ4v) is 2.89. The van der Waals surface area contributed by atoms with Gasteiger partial charge in [-0.05, 0) is 25.5 Å². The summed E-state index contributed by atoms with van der Waals surface area (Å²) in [5, 5.41) is 5.77. The molecule has 0 unspecified atom stereocenters. The maximum Gasteiger partial charge on any atom is 0.230 e. The molecule has 0 aliphatic heterocycles. The molecule has 23 heavy (non-hydrogen) atoms. The summed E-state index contributed by atoms with van der Waals surface area (Å²) in [5.41, 5.74) is 2.44. The molecule has 0 aliphatic rings. The molecule has 1 aromatic carbocycles. The monoisotopic (exact) mass is 331 g/mol. The Hall–Kier alpha value is -2.21. The van der Waals surface area contributed by atoms with Crippen molar-refractivity contribution in [2.24, 2.45) is 0 Å². The average molecular weight is 331 g/mol. The van der Waals surface area contributed by atoms with Crippen LogP contribution in [-0.4, -0.2) is 28.2 Å². The Morgan fingerprint density at radius 1 is 1.30 bits per heavy atom. The molecule has 2 rings (SSSR count). The fraction of sp³-hybridized carbons (Fsp3) is 0.353. The number of benzene rings is 1. The summed E-state index contributed by atoms with van der Waals surface area (Å²) in [7, 11) is 0. The first-order valence-corrected chi connectivity index (χ1v) is 8.41. The number of carbonyl (C=O) groups is 2. The quantitative estimate of drug-likeness (QED) is 0.885. The first-order chi connectivity index (χ1) is 11.0. The molecule has 0 saturated carbocycles. The average Bonchev–Trinajstić information content (AvgIpc) is 2.90. The van der Waals surface area contributed by atoms with E-state index in [0.717, 1.165) is 22.0 Å². The molecule has 0 aliphatic carbocycles. The maximum atomic E-state index is 12.2. The van der Waals surface area contributed by atoms with Crippen LogP contribution in [0.5, 0.6) is 0 Å². The van der Waals surface area contributed by atoms with Crippen LogP contribution in [0.1, 0.15) is 30.1 Å². The van der Waals surface area contributed by atoms with E-state index in [2.05, 4.69) is 10.3 Å². The largest absolute Gasteiger partial charge is 0.339 e. The van der Waals surface area contributed by atoms with Crippen LogP contribution < -0.4 is 5.32 Å². The van der Waals surface area contributed by atoms with Gasteiger partial charge in [-0.15, -0.1) is 11.3 Å². The number of aromatic nitrogens is 1. The highest BCUT2D eigenvalue weighted by molar-refractivity contribution is 7.09. The second-order valence-corrected chi connectivity index (χ2v) is 6.34. The van der Waals surface area contributed by atoms with E-state index in [1.165, 1.54) is 11.3 Å². The van der Waals surface area contributed by atoms with Crippen LogP contribution in [-0.2, 0) is 22.6 Å². The number of anilines is 1. The first-order valence-electron chi connectivity index (χ1n) is 7.54. The highest BCUT2D eigenvalue weighted by atomic mass is 32.1. The van der Waals surface area contributed by atoms with E-state index in [1.807, 2.05) is 43.5 Å². The van der Waals surface area contributed by atoms with Gasteiger partial charge in [0.05, 0.1) is 17.1 Å². The van der Waals surface area contributed by atoms with E-state index in [-0.39, 0.29) is 18.2 Å². The summed E-state index contributed by atoms with van der Waals surface area (Å²) in [6.45, 7) is 6.53. The lowest BCUT2D eigenvalue weighted by molar-refractivity contribution is -0.129. The molecule has 2 amide bonds. The molecule has 0 radical (unpaired) electrons. The lowest BCUT2D eigenvalue weighted by Crippen LogP contribution is -2.28. The van der Waals surface area contributed by atoms with Gasteiger partial charge < -0.3 is 10.2 Å². The number of nitrogens with one attached hydrogen (secondary N) is 1. The number of aryl methyl sites for hydroxylation is 1. The summed E-state index contributed by atoms with van der Waals surface area (Å²) < 4.78 is 0. The molecule has 6 heteroatoms. The van der Waals surface area contributed by atoms with Crippen molar-refractivity contribution in [1.29, 1.82) is 0 Å². The van der Waals surface area contributed by atoms with Gasteiger partial charge in [0.1, 0.15) is 0 Å². The van der Waals surface area contributed by atoms with E-state index < -0.39 is 0 Å². The minimum Gasteiger partial charge on any atom is -0.339 e. The molecule has 122 valence electrons. The van der Waals surface area contributed by atoms with Gasteiger partial charge in [0, 0.05) is 31.1 Å². The van der Waals surface area contributed by atoms with Crippen molar-refractivity contribution in [3.8, 4) is 0 Å². The van der Waals surface area contributed by atoms with Crippen molar-refractivity contribution in [2.45, 2.75) is 33.7 Å². The number of hydrogen-bond acceptors (Lipinski definition) is 4. The van der Waals surface area contributed by atoms with Crippen molar-refractivity contribution in [2.75, 3.05) is 11.9 Å². The van der Waals surface area contributed by atoms with Gasteiger partial charge in [-0.1, -0.05) is 18.2 Å². The van der Waals surface area contributed by atoms with Gasteiger partial charge in [-0.2, -0.15) is 0 Å². The van der Waals surface area contributed by atoms with E-state index >= 15 is 0 Å². The molecule has 1 heterocycles. The van der Waals surface area contributed by atoms with E-state index in [9.17, 15) is 9.59 Å². The minimum atomic E-state index is -0.103. The number of thiazole rings is 1. The van der Waals surface area contributed by atoms with Crippen molar-refractivity contribution >= 4 is 28.8 Å². The highest BCUT2D eigenvalue weighted by Gasteiger charge is 2.12. The summed E-state index contributed by atoms with van der Waals surface area (Å²) >= 11 is 1.54. The second kappa shape index (κ2) is 7.87. The Balaban J connectivity index is 2.07. The normalized spacial score (nSPS) is 10.4. The van der Waals surface area contributed by atoms with Crippen LogP contribution in [0.2, 0.25) is 0 Å². The molecule has 0 spiro atoms. The third kappa shape index (κ3) is 4.89. The summed E-state index contributed by atoms with van der Waals surface area (Å²) in [4.78, 5) is 29.8. The van der Waals surface area contributed by atoms with Crippen LogP contribution in [0.15, 0.2) is 29.6 Å². The Kier molecular flexibility index (Phi) is 5.87. The van der Waals surface area contributed by atoms with Crippen molar-refractivity contribution in [1.82, 2.24) is 9.88 Å². The van der Waals surface area contributed by atoms with Gasteiger partial charge in [0.2, 0.25) is 11.8 Å². The van der Waals surface area contributed by atoms with Crippen molar-refractivity contribution in [3.63, 3.8) is 0 Å². The maximum absolute atomic E-state index is 12.2. The molecule has 5 nitrogen and oxygen atoms in total. The number of rotatable bonds is 6. The number of carbonyl (C=O) groups excluding carboxylic acids is 2. The van der Waals surface area contributed by atoms with Crippen LogP contribution in [0.25, 0.3) is 0 Å². The zero-order valence-corrected chi connectivity index (χ0v) is 14.4. The molecule has 1 N–H and O–H groups in total. The SMILES string of the molecule is CCN(Cc1ccccc1NC(=O)Cc1csc(C)n1)C(C)=O. The standard InChI is InChI=1S/C17H21N3O2S/c1-4-20(13(3)21)10-14-7-5-6-8-16(14)19-17(22)9-15-11-23-12(2)18-15/h5-8,11H,4,9-10H2,1-3H3,(H,19,22). The number of hydrogen-bond donors (Lipinski definition) is 1. The Labute approximate surface area is 140 Å². The lowest BCUT2D eigenvalue weighted by Gasteiger charge is -2.21. The van der Waals surface area contributed by atoms with Gasteiger partial charge in [-0.25, -0.2) is 4.98 Å². The van der Waals surface area contributed by atoms with E-state index in [1.54, 1.807) is 11.8 Å². The van der Waals surface area contributed by atoms with Gasteiger partial charge in [-0.3, -0.25) is 9.59 Å². The third-order valence-electron chi connectivity index (χ3n) is 3.49. The van der Waals surface area contributed by atoms with Gasteiger partial charge in [0.15, 0.2) is 0 Å². The molecule has 0 saturated heterocycles. The van der Waals surface area contributed by atoms with Crippen LogP contribution in [0, 0.1) is 6.92 Å². The predicted octanol–water partition coefficient (Wildman–Crippen LogP) is 3.00. The number of nitrogens with zero attached hydrogens (tertiary/aromatic N) is 2. The fourth-order valence-electron chi connectivity index (χ4n) is 2.28. The third-order valence-corrected chi connectivity index (χ3v) is 4.31. The Morgan fingerprint density at radius 3 is 2.65 bits per heavy atom. The zero-order chi connectivity index (χ0) is 16.8. The van der Waals surface area contributed by atoms with Crippen LogP contribution in [0.4, 0.5) is 5.69 Å². The predicted molar refractivity (Wildman–Crippen MR) is 92.4 cm³/mol. The van der Waals surface area contributed by atoms with Crippen LogP contribution in [0.3, 0.4) is 0 Å². The molecular formula is C17H21N3O2S. The Bertz CT molecular complexity index is 697. The Morgan fingerprint density at radius 2 is 2.04 bits per heavy atom. The minimum absolute atomic E-state index is 0.0200. The summed E-state index contributed by atoms with van der Waals surface area (Å²) in [6.07, 6.45) is 0.253. The summed E-state index contributed by atoms with van der Waals surface area (Å²) in [5.74, 6) is -0.0831. The van der Waals surface area contributed by atoms with Crippen LogP contribution >= 0.6 is 11.3 Å². The summed E-state index contributed by atoms with van der Waals surface area (Å²) in [6, 6.07) is 7.56. The zero-order valence-electron chi connectivity index (χ0n) is 13.6. The van der Waals surface area contributed by atoms with Crippen molar-refractivity contribution in [3.05, 3.63) is 45.9 Å². The molecule has 0 fully saturated rings. The molecule has 0 bridgehead atoms. The molecular weight excluding hydrogens is 310 g/mol. The highest BCUT2D eigenvalue weighted by Crippen LogP contribution is 2.18. The van der Waals surface area contributed by atoms with Gasteiger partial charge >= 0.3 is 0 Å². The molecule has 2 aromatic rings. The van der Waals surface area contributed by atoms with E-state index in [0.29, 0.717) is 13.1 Å². The number of amides is 2.